The Morgan fingerprint density at radius 1 is 1.19 bits per heavy atom. The van der Waals surface area contributed by atoms with E-state index in [2.05, 4.69) is 11.5 Å². The van der Waals surface area contributed by atoms with E-state index in [1.807, 2.05) is 37.5 Å². The van der Waals surface area contributed by atoms with Crippen molar-refractivity contribution in [1.82, 2.24) is 4.57 Å². The van der Waals surface area contributed by atoms with Crippen LogP contribution in [0.5, 0.6) is 0 Å². The Kier molecular flexibility index (Phi) is 5.74. The molecule has 0 saturated carbocycles. The van der Waals surface area contributed by atoms with Crippen molar-refractivity contribution in [3.05, 3.63) is 73.4 Å². The van der Waals surface area contributed by atoms with Crippen molar-refractivity contribution in [3.63, 3.8) is 0 Å². The van der Waals surface area contributed by atoms with Crippen molar-refractivity contribution in [2.75, 3.05) is 11.9 Å². The molecule has 3 heterocycles. The Labute approximate surface area is 185 Å². The van der Waals surface area contributed by atoms with Crippen LogP contribution in [0.3, 0.4) is 0 Å². The molecule has 0 amide bonds. The van der Waals surface area contributed by atoms with Gasteiger partial charge in [-0.05, 0) is 44.2 Å². The van der Waals surface area contributed by atoms with Gasteiger partial charge in [0, 0.05) is 30.1 Å². The summed E-state index contributed by atoms with van der Waals surface area (Å²) in [6.45, 7) is 5.32. The normalized spacial score (nSPS) is 16.2. The zero-order valence-corrected chi connectivity index (χ0v) is 18.9. The van der Waals surface area contributed by atoms with Gasteiger partial charge in [-0.15, -0.1) is 11.3 Å². The van der Waals surface area contributed by atoms with E-state index in [1.54, 1.807) is 16.5 Å². The summed E-state index contributed by atoms with van der Waals surface area (Å²) in [4.78, 5) is 15.4. The van der Waals surface area contributed by atoms with Crippen LogP contribution in [0.1, 0.15) is 25.0 Å². The number of aryl methyl sites for hydroxylation is 1. The van der Waals surface area contributed by atoms with Gasteiger partial charge in [-0.1, -0.05) is 11.8 Å². The monoisotopic (exact) mass is 464 g/mol. The molecule has 3 aromatic rings. The number of fused-ring (bicyclic) bond motifs is 1. The van der Waals surface area contributed by atoms with E-state index in [9.17, 15) is 18.0 Å². The summed E-state index contributed by atoms with van der Waals surface area (Å²) < 4.78 is 44.4. The molecule has 1 aromatic carbocycles. The van der Waals surface area contributed by atoms with Crippen molar-refractivity contribution < 1.29 is 17.7 Å². The van der Waals surface area contributed by atoms with E-state index in [4.69, 9.17) is 0 Å². The lowest BCUT2D eigenvalue weighted by Crippen LogP contribution is -2.33. The first-order chi connectivity index (χ1) is 14.7. The van der Waals surface area contributed by atoms with Crippen LogP contribution < -0.4 is 24.2 Å². The van der Waals surface area contributed by atoms with E-state index in [-0.39, 0.29) is 5.56 Å². The molecule has 9 heteroatoms. The smallest absolute Gasteiger partial charge is 0.337 e. The number of hydrogen-bond acceptors (Lipinski definition) is 4. The molecular weight excluding hydrogens is 443 g/mol. The van der Waals surface area contributed by atoms with Crippen molar-refractivity contribution in [2.24, 2.45) is 0 Å². The lowest BCUT2D eigenvalue weighted by Gasteiger charge is -2.13. The molecule has 31 heavy (non-hydrogen) atoms. The molecule has 0 aliphatic carbocycles. The lowest BCUT2D eigenvalue weighted by atomic mass is 10.2. The number of alkyl halides is 3. The molecule has 0 saturated heterocycles. The molecule has 0 unspecified atom stereocenters. The van der Waals surface area contributed by atoms with Crippen LogP contribution >= 0.6 is 23.1 Å². The Morgan fingerprint density at radius 2 is 1.97 bits per heavy atom. The minimum Gasteiger partial charge on any atom is -0.337 e. The van der Waals surface area contributed by atoms with E-state index in [0.29, 0.717) is 26.7 Å². The predicted octanol–water partition coefficient (Wildman–Crippen LogP) is 3.39. The lowest BCUT2D eigenvalue weighted by molar-refractivity contribution is -0.693. The predicted molar refractivity (Wildman–Crippen MR) is 118 cm³/mol. The zero-order valence-electron chi connectivity index (χ0n) is 17.2. The number of pyridine rings is 1. The highest BCUT2D eigenvalue weighted by molar-refractivity contribution is 8.08. The number of anilines is 1. The van der Waals surface area contributed by atoms with Crippen LogP contribution in [0.2, 0.25) is 0 Å². The van der Waals surface area contributed by atoms with E-state index >= 15 is 0 Å². The van der Waals surface area contributed by atoms with Gasteiger partial charge in [-0.2, -0.15) is 13.2 Å². The summed E-state index contributed by atoms with van der Waals surface area (Å²) in [6.07, 6.45) is 1.57. The first-order valence-corrected chi connectivity index (χ1v) is 11.4. The van der Waals surface area contributed by atoms with Crippen LogP contribution in [0.15, 0.2) is 52.4 Å². The molecule has 1 aliphatic heterocycles. The molecule has 0 radical (unpaired) electrons. The second kappa shape index (κ2) is 8.20. The molecule has 4 rings (SSSR count). The number of thioether (sulfide) groups is 1. The largest absolute Gasteiger partial charge is 0.416 e. The van der Waals surface area contributed by atoms with Crippen LogP contribution in [0, 0.1) is 0 Å². The van der Waals surface area contributed by atoms with Gasteiger partial charge < -0.3 is 4.90 Å². The third-order valence-electron chi connectivity index (χ3n) is 5.12. The molecule has 0 bridgehead atoms. The van der Waals surface area contributed by atoms with Gasteiger partial charge in [-0.3, -0.25) is 9.36 Å². The standard InChI is InChI=1S/C22H21F3N3OS2/c1-4-27-10-6-7-14(13-27)11-18-28(5-2)20(29)19(31-18)21-26(3)16-9-8-15(22(23,24)25)12-17(16)30-21/h6-13H,4-5H2,1-3H3/q+1/b18-11-,21-19+. The van der Waals surface area contributed by atoms with Gasteiger partial charge in [0.25, 0.3) is 5.56 Å². The molecule has 0 N–H and O–H groups in total. The van der Waals surface area contributed by atoms with Crippen LogP contribution in [-0.2, 0) is 19.3 Å². The third-order valence-corrected chi connectivity index (χ3v) is 7.59. The van der Waals surface area contributed by atoms with Crippen LogP contribution in [-0.4, -0.2) is 11.6 Å². The molecule has 1 aliphatic rings. The average molecular weight is 465 g/mol. The van der Waals surface area contributed by atoms with Crippen molar-refractivity contribution in [1.29, 1.82) is 0 Å². The Morgan fingerprint density at radius 3 is 2.65 bits per heavy atom. The van der Waals surface area contributed by atoms with Gasteiger partial charge >= 0.3 is 6.18 Å². The Balaban J connectivity index is 1.86. The van der Waals surface area contributed by atoms with Crippen molar-refractivity contribution >= 4 is 39.9 Å². The topological polar surface area (TPSA) is 29.1 Å². The Hall–Kier alpha value is -2.52. The second-order valence-electron chi connectivity index (χ2n) is 7.08. The molecule has 0 atom stereocenters. The maximum atomic E-state index is 13.2. The van der Waals surface area contributed by atoms with Gasteiger partial charge in [0.15, 0.2) is 12.4 Å². The van der Waals surface area contributed by atoms with Crippen molar-refractivity contribution in [2.45, 2.75) is 38.0 Å². The zero-order chi connectivity index (χ0) is 22.3. The SMILES string of the molecule is CCn1c(=O)/c(=C2\Sc3cc(C(F)(F)F)ccc3N2C)s/c1=C\c1ccc[n+](CC)c1. The first kappa shape index (κ1) is 21.7. The van der Waals surface area contributed by atoms with Crippen molar-refractivity contribution in [3.8, 4) is 0 Å². The fourth-order valence-electron chi connectivity index (χ4n) is 3.46. The van der Waals surface area contributed by atoms with Gasteiger partial charge in [-0.25, -0.2) is 4.57 Å². The minimum absolute atomic E-state index is 0.128. The third kappa shape index (κ3) is 4.04. The second-order valence-corrected chi connectivity index (χ2v) is 9.14. The number of rotatable bonds is 3. The number of aromatic nitrogens is 2. The summed E-state index contributed by atoms with van der Waals surface area (Å²) in [5.41, 5.74) is 0.834. The molecule has 2 aromatic heterocycles. The van der Waals surface area contributed by atoms with Gasteiger partial charge in [0.1, 0.15) is 16.1 Å². The number of nitrogens with zero attached hydrogens (tertiary/aromatic N) is 3. The van der Waals surface area contributed by atoms with Crippen LogP contribution in [0.4, 0.5) is 18.9 Å². The highest BCUT2D eigenvalue weighted by atomic mass is 32.2. The maximum absolute atomic E-state index is 13.2. The average Bonchev–Trinajstić information content (AvgIpc) is 3.23. The quantitative estimate of drug-likeness (QED) is 0.557. The first-order valence-electron chi connectivity index (χ1n) is 9.80. The number of halogens is 3. The summed E-state index contributed by atoms with van der Waals surface area (Å²) in [5, 5.41) is 0.655. The van der Waals surface area contributed by atoms with E-state index in [1.165, 1.54) is 29.2 Å². The summed E-state index contributed by atoms with van der Waals surface area (Å²) in [5.74, 6) is 0. The molecule has 4 nitrogen and oxygen atoms in total. The fraction of sp³-hybridized carbons (Fsp3) is 0.273. The van der Waals surface area contributed by atoms with Crippen LogP contribution in [0.25, 0.3) is 11.1 Å². The van der Waals surface area contributed by atoms with Gasteiger partial charge in [0.05, 0.1) is 15.9 Å². The Bertz CT molecular complexity index is 1320. The van der Waals surface area contributed by atoms with E-state index in [0.717, 1.165) is 28.9 Å². The molecule has 162 valence electrons. The summed E-state index contributed by atoms with van der Waals surface area (Å²) >= 11 is 2.57. The highest BCUT2D eigenvalue weighted by Gasteiger charge is 2.33. The maximum Gasteiger partial charge on any atom is 0.416 e. The molecule has 0 spiro atoms. The fourth-order valence-corrected chi connectivity index (χ4v) is 5.98. The number of hydrogen-bond donors (Lipinski definition) is 0. The summed E-state index contributed by atoms with van der Waals surface area (Å²) in [6, 6.07) is 7.63. The molecule has 0 fully saturated rings. The summed E-state index contributed by atoms with van der Waals surface area (Å²) in [7, 11) is 1.78. The van der Waals surface area contributed by atoms with E-state index < -0.39 is 11.7 Å². The van der Waals surface area contributed by atoms with Gasteiger partial charge in [0.2, 0.25) is 0 Å². The number of thiazole rings is 1. The molecular formula is C22H21F3N3OS2+. The number of benzene rings is 1. The minimum atomic E-state index is -4.40. The highest BCUT2D eigenvalue weighted by Crippen LogP contribution is 2.47.